The smallest absolute Gasteiger partial charge is 0.410 e. The number of carbonyl (C=O) groups is 1. The van der Waals surface area contributed by atoms with Gasteiger partial charge in [-0.1, -0.05) is 18.2 Å². The maximum atomic E-state index is 15.4. The normalized spacial score (nSPS) is 16.1. The van der Waals surface area contributed by atoms with E-state index in [1.165, 1.54) is 6.07 Å². The van der Waals surface area contributed by atoms with E-state index in [0.717, 1.165) is 12.8 Å². The van der Waals surface area contributed by atoms with Crippen molar-refractivity contribution < 1.29 is 18.7 Å². The number of nitrogens with two attached hydrogens (primary N) is 1. The molecular weight excluding hydrogens is 473 g/mol. The van der Waals surface area contributed by atoms with E-state index in [-0.39, 0.29) is 17.8 Å². The summed E-state index contributed by atoms with van der Waals surface area (Å²) in [6.45, 7) is 6.61. The van der Waals surface area contributed by atoms with Gasteiger partial charge in [0.25, 0.3) is 0 Å². The van der Waals surface area contributed by atoms with Crippen LogP contribution in [0.3, 0.4) is 0 Å². The number of piperidine rings is 1. The van der Waals surface area contributed by atoms with E-state index in [4.69, 9.17) is 20.2 Å². The molecule has 1 saturated heterocycles. The first-order chi connectivity index (χ1) is 17.7. The molecule has 0 aliphatic carbocycles. The van der Waals surface area contributed by atoms with E-state index in [1.807, 2.05) is 43.4 Å². The molecule has 2 aromatic carbocycles. The van der Waals surface area contributed by atoms with Crippen molar-refractivity contribution in [2.45, 2.75) is 45.1 Å². The number of nitrogens with zero attached hydrogens (tertiary/aromatic N) is 4. The molecule has 4 aromatic rings. The van der Waals surface area contributed by atoms with E-state index in [9.17, 15) is 4.79 Å². The zero-order chi connectivity index (χ0) is 26.2. The number of benzene rings is 2. The van der Waals surface area contributed by atoms with Crippen molar-refractivity contribution in [2.24, 2.45) is 0 Å². The fourth-order valence-electron chi connectivity index (χ4n) is 4.62. The second-order valence-corrected chi connectivity index (χ2v) is 10.2. The lowest BCUT2D eigenvalue weighted by atomic mass is 9.97. The quantitative estimate of drug-likeness (QED) is 0.366. The molecule has 192 valence electrons. The molecule has 3 heterocycles. The summed E-state index contributed by atoms with van der Waals surface area (Å²) in [6.07, 6.45) is 4.65. The minimum atomic E-state index is -0.578. The lowest BCUT2D eigenvalue weighted by molar-refractivity contribution is 0.0196. The number of halogens is 1. The lowest BCUT2D eigenvalue weighted by Crippen LogP contribution is -2.42. The van der Waals surface area contributed by atoms with Gasteiger partial charge in [0, 0.05) is 43.0 Å². The number of likely N-dealkylation sites (tertiary alicyclic amines) is 1. The number of hydrogen-bond donors (Lipinski definition) is 1. The number of aromatic nitrogens is 3. The highest BCUT2D eigenvalue weighted by Gasteiger charge is 2.32. The molecule has 0 spiro atoms. The van der Waals surface area contributed by atoms with Crippen LogP contribution in [-0.4, -0.2) is 44.1 Å². The molecule has 8 nitrogen and oxygen atoms in total. The third kappa shape index (κ3) is 5.21. The molecule has 0 saturated carbocycles. The van der Waals surface area contributed by atoms with Crippen molar-refractivity contribution in [1.82, 2.24) is 19.3 Å². The highest BCUT2D eigenvalue weighted by molar-refractivity contribution is 5.85. The number of anilines is 1. The van der Waals surface area contributed by atoms with E-state index >= 15 is 4.39 Å². The fourth-order valence-corrected chi connectivity index (χ4v) is 4.62. The third-order valence-corrected chi connectivity index (χ3v) is 6.22. The van der Waals surface area contributed by atoms with Crippen molar-refractivity contribution in [3.8, 4) is 22.8 Å². The van der Waals surface area contributed by atoms with Crippen molar-refractivity contribution in [3.05, 3.63) is 72.6 Å². The summed E-state index contributed by atoms with van der Waals surface area (Å²) in [5, 5.41) is 0. The first kappa shape index (κ1) is 24.5. The molecule has 1 aliphatic rings. The van der Waals surface area contributed by atoms with Crippen LogP contribution in [0, 0.1) is 5.82 Å². The first-order valence-corrected chi connectivity index (χ1v) is 12.3. The molecule has 1 fully saturated rings. The Hall–Kier alpha value is -4.14. The Morgan fingerprint density at radius 3 is 2.65 bits per heavy atom. The summed E-state index contributed by atoms with van der Waals surface area (Å²) in [5.41, 5.74) is 6.91. The maximum Gasteiger partial charge on any atom is 0.410 e. The molecule has 1 amide bonds. The van der Waals surface area contributed by atoms with Crippen LogP contribution in [0.4, 0.5) is 15.0 Å². The highest BCUT2D eigenvalue weighted by Crippen LogP contribution is 2.36. The van der Waals surface area contributed by atoms with Gasteiger partial charge in [-0.2, -0.15) is 0 Å². The molecule has 5 rings (SSSR count). The van der Waals surface area contributed by atoms with Gasteiger partial charge in [-0.3, -0.25) is 4.40 Å². The monoisotopic (exact) mass is 503 g/mol. The van der Waals surface area contributed by atoms with Crippen molar-refractivity contribution in [3.63, 3.8) is 0 Å². The van der Waals surface area contributed by atoms with Gasteiger partial charge < -0.3 is 20.1 Å². The molecule has 2 aromatic heterocycles. The first-order valence-electron chi connectivity index (χ1n) is 12.3. The molecule has 37 heavy (non-hydrogen) atoms. The van der Waals surface area contributed by atoms with Crippen LogP contribution < -0.4 is 10.5 Å². The maximum absolute atomic E-state index is 15.4. The Bertz CT molecular complexity index is 1430. The van der Waals surface area contributed by atoms with Gasteiger partial charge in [0.1, 0.15) is 45.8 Å². The number of carbonyl (C=O) groups excluding carboxylic acids is 1. The van der Waals surface area contributed by atoms with Gasteiger partial charge in [-0.15, -0.1) is 0 Å². The number of hydrogen-bond acceptors (Lipinski definition) is 6. The average Bonchev–Trinajstić information content (AvgIpc) is 3.25. The second-order valence-electron chi connectivity index (χ2n) is 10.2. The number of rotatable bonds is 4. The van der Waals surface area contributed by atoms with Gasteiger partial charge in [0.05, 0.1) is 0 Å². The molecule has 1 aliphatic heterocycles. The van der Waals surface area contributed by atoms with Crippen molar-refractivity contribution in [1.29, 1.82) is 0 Å². The van der Waals surface area contributed by atoms with Crippen LogP contribution in [-0.2, 0) is 4.74 Å². The fraction of sp³-hybridized carbons (Fsp3) is 0.321. The Morgan fingerprint density at radius 2 is 1.92 bits per heavy atom. The Labute approximate surface area is 214 Å². The lowest BCUT2D eigenvalue weighted by Gasteiger charge is -2.33. The average molecular weight is 504 g/mol. The number of fused-ring (bicyclic) bond motifs is 1. The summed E-state index contributed by atoms with van der Waals surface area (Å²) in [6, 6.07) is 13.9. The highest BCUT2D eigenvalue weighted by atomic mass is 19.1. The number of imidazole rings is 1. The Kier molecular flexibility index (Phi) is 6.45. The topological polar surface area (TPSA) is 95.0 Å². The number of ether oxygens (including phenoxy) is 2. The van der Waals surface area contributed by atoms with Crippen molar-refractivity contribution >= 4 is 17.4 Å². The van der Waals surface area contributed by atoms with E-state index in [0.29, 0.717) is 47.2 Å². The summed E-state index contributed by atoms with van der Waals surface area (Å²) in [5.74, 6) is 1.39. The number of nitrogen functional groups attached to an aromatic ring is 1. The molecule has 2 N–H and O–H groups in total. The van der Waals surface area contributed by atoms with Crippen LogP contribution in [0.5, 0.6) is 11.5 Å². The molecule has 1 atom stereocenters. The summed E-state index contributed by atoms with van der Waals surface area (Å²) in [7, 11) is 0. The summed E-state index contributed by atoms with van der Waals surface area (Å²) >= 11 is 0. The van der Waals surface area contributed by atoms with E-state index in [2.05, 4.69) is 4.98 Å². The number of para-hydroxylation sites is 1. The predicted molar refractivity (Wildman–Crippen MR) is 139 cm³/mol. The molecule has 0 bridgehead atoms. The minimum Gasteiger partial charge on any atom is -0.457 e. The third-order valence-electron chi connectivity index (χ3n) is 6.22. The van der Waals surface area contributed by atoms with Gasteiger partial charge >= 0.3 is 6.09 Å². The number of amides is 1. The van der Waals surface area contributed by atoms with Gasteiger partial charge in [0.15, 0.2) is 0 Å². The molecule has 9 heteroatoms. The standard InChI is InChI=1S/C28H30FN5O3/c1-28(2,3)37-27(35)33-14-7-8-18(17-33)26-32-23(24-25(30)31-13-15-34(24)26)21-12-11-20(16-22(21)29)36-19-9-5-4-6-10-19/h4-6,9-13,15-16,18H,7-8,14,17H2,1-3H3,(H2,30,31)/t18-/m1/s1. The van der Waals surface area contributed by atoms with E-state index < -0.39 is 11.4 Å². The van der Waals surface area contributed by atoms with Gasteiger partial charge in [-0.05, 0) is 57.9 Å². The van der Waals surface area contributed by atoms with Gasteiger partial charge in [0.2, 0.25) is 0 Å². The largest absolute Gasteiger partial charge is 0.457 e. The van der Waals surface area contributed by atoms with Crippen LogP contribution in [0.1, 0.15) is 45.4 Å². The molecular formula is C28H30FN5O3. The van der Waals surface area contributed by atoms with Crippen LogP contribution in [0.15, 0.2) is 60.9 Å². The van der Waals surface area contributed by atoms with Crippen LogP contribution in [0.25, 0.3) is 16.8 Å². The van der Waals surface area contributed by atoms with Crippen LogP contribution >= 0.6 is 0 Å². The molecule has 0 unspecified atom stereocenters. The summed E-state index contributed by atoms with van der Waals surface area (Å²) in [4.78, 5) is 23.5. The van der Waals surface area contributed by atoms with Crippen LogP contribution in [0.2, 0.25) is 0 Å². The van der Waals surface area contributed by atoms with Crippen molar-refractivity contribution in [2.75, 3.05) is 18.8 Å². The SMILES string of the molecule is CC(C)(C)OC(=O)N1CCC[C@@H](c2nc(-c3ccc(Oc4ccccc4)cc3F)c3c(N)nccn23)C1. The predicted octanol–water partition coefficient (Wildman–Crippen LogP) is 6.02. The van der Waals surface area contributed by atoms with Gasteiger partial charge in [-0.25, -0.2) is 19.2 Å². The second kappa shape index (κ2) is 9.72. The van der Waals surface area contributed by atoms with E-state index in [1.54, 1.807) is 41.6 Å². The summed E-state index contributed by atoms with van der Waals surface area (Å²) < 4.78 is 28.6. The molecule has 0 radical (unpaired) electrons. The zero-order valence-electron chi connectivity index (χ0n) is 21.1. The Morgan fingerprint density at radius 1 is 1.14 bits per heavy atom. The zero-order valence-corrected chi connectivity index (χ0v) is 21.1. The minimum absolute atomic E-state index is 0.0759. The Balaban J connectivity index is 1.49.